The first-order valence-corrected chi connectivity index (χ1v) is 12.1. The topological polar surface area (TPSA) is 25.8 Å². The molecule has 0 spiro atoms. The Hall–Kier alpha value is -2.34. The molecule has 2 aromatic carbocycles. The monoisotopic (exact) mass is 430 g/mol. The largest absolute Gasteiger partial charge is 0.236 e. The van der Waals surface area contributed by atoms with E-state index in [-0.39, 0.29) is 5.41 Å². The molecule has 2 nitrogen and oxygen atoms in total. The first-order chi connectivity index (χ1) is 14.0. The molecule has 142 valence electrons. The second kappa shape index (κ2) is 6.08. The summed E-state index contributed by atoms with van der Waals surface area (Å²) in [5.41, 5.74) is 3.67. The van der Waals surface area contributed by atoms with E-state index in [1.54, 1.807) is 29.0 Å². The lowest BCUT2D eigenvalue weighted by atomic mass is 9.85. The van der Waals surface area contributed by atoms with E-state index in [1.165, 1.54) is 46.8 Å². The number of hydrogen-bond acceptors (Lipinski definition) is 5. The minimum atomic E-state index is 0.0745. The van der Waals surface area contributed by atoms with Crippen molar-refractivity contribution < 1.29 is 0 Å². The van der Waals surface area contributed by atoms with Gasteiger partial charge in [0.05, 0.1) is 15.1 Å². The summed E-state index contributed by atoms with van der Waals surface area (Å²) in [6.07, 6.45) is 1.72. The van der Waals surface area contributed by atoms with Gasteiger partial charge in [-0.1, -0.05) is 32.9 Å². The SMILES string of the molecule is CC(C)(C)c1cc(-c2ncnc3sc4c(ccc5ccsc54)c23)cc2ccsc12. The van der Waals surface area contributed by atoms with Crippen molar-refractivity contribution in [3.63, 3.8) is 0 Å². The van der Waals surface area contributed by atoms with Crippen LogP contribution in [0.2, 0.25) is 0 Å². The molecule has 4 aromatic heterocycles. The van der Waals surface area contributed by atoms with Gasteiger partial charge in [0.2, 0.25) is 0 Å². The first-order valence-electron chi connectivity index (χ1n) is 9.56. The van der Waals surface area contributed by atoms with E-state index in [2.05, 4.69) is 72.9 Å². The molecule has 0 radical (unpaired) electrons. The molecule has 5 heteroatoms. The van der Waals surface area contributed by atoms with E-state index in [0.29, 0.717) is 0 Å². The van der Waals surface area contributed by atoms with Crippen molar-refractivity contribution in [3.8, 4) is 11.3 Å². The molecule has 6 aromatic rings. The Morgan fingerprint density at radius 1 is 0.793 bits per heavy atom. The predicted molar refractivity (Wildman–Crippen MR) is 130 cm³/mol. The molecule has 0 aliphatic heterocycles. The van der Waals surface area contributed by atoms with Crippen LogP contribution in [0.25, 0.3) is 51.7 Å². The van der Waals surface area contributed by atoms with Gasteiger partial charge in [-0.15, -0.1) is 34.0 Å². The van der Waals surface area contributed by atoms with Crippen LogP contribution >= 0.6 is 34.0 Å². The standard InChI is InChI=1S/C24H18N2S3/c1-24(2,3)17-11-15(10-14-7-9-27-20(14)17)19-18-16-5-4-13-6-8-28-21(13)22(16)29-23(18)26-12-25-19/h4-12H,1-3H3. The minimum absolute atomic E-state index is 0.0745. The summed E-state index contributed by atoms with van der Waals surface area (Å²) >= 11 is 5.41. The Kier molecular flexibility index (Phi) is 3.67. The van der Waals surface area contributed by atoms with Crippen LogP contribution in [0, 0.1) is 0 Å². The van der Waals surface area contributed by atoms with Crippen LogP contribution in [0.15, 0.2) is 53.5 Å². The van der Waals surface area contributed by atoms with E-state index >= 15 is 0 Å². The zero-order chi connectivity index (χ0) is 19.8. The van der Waals surface area contributed by atoms with Crippen LogP contribution in [0.4, 0.5) is 0 Å². The molecule has 0 amide bonds. The fourth-order valence-corrected chi connectivity index (χ4v) is 7.39. The number of aromatic nitrogens is 2. The van der Waals surface area contributed by atoms with Crippen LogP contribution in [-0.4, -0.2) is 9.97 Å². The van der Waals surface area contributed by atoms with E-state index in [0.717, 1.165) is 10.5 Å². The maximum Gasteiger partial charge on any atom is 0.128 e. The predicted octanol–water partition coefficient (Wildman–Crippen LogP) is 8.24. The number of nitrogens with zero attached hydrogens (tertiary/aromatic N) is 2. The maximum atomic E-state index is 4.78. The highest BCUT2D eigenvalue weighted by Gasteiger charge is 2.21. The van der Waals surface area contributed by atoms with Gasteiger partial charge in [0, 0.05) is 21.0 Å². The van der Waals surface area contributed by atoms with Gasteiger partial charge in [0.25, 0.3) is 0 Å². The lowest BCUT2D eigenvalue weighted by molar-refractivity contribution is 0.597. The van der Waals surface area contributed by atoms with Crippen molar-refractivity contribution in [2.24, 2.45) is 0 Å². The van der Waals surface area contributed by atoms with E-state index in [9.17, 15) is 0 Å². The molecule has 0 saturated carbocycles. The Bertz CT molecular complexity index is 1540. The van der Waals surface area contributed by atoms with Crippen molar-refractivity contribution in [3.05, 3.63) is 59.0 Å². The number of thiophene rings is 3. The van der Waals surface area contributed by atoms with E-state index in [1.807, 2.05) is 11.3 Å². The van der Waals surface area contributed by atoms with Gasteiger partial charge in [-0.3, -0.25) is 0 Å². The molecule has 0 aliphatic rings. The zero-order valence-corrected chi connectivity index (χ0v) is 18.8. The van der Waals surface area contributed by atoms with Gasteiger partial charge in [-0.05, 0) is 56.8 Å². The summed E-state index contributed by atoms with van der Waals surface area (Å²) in [6.45, 7) is 6.86. The van der Waals surface area contributed by atoms with Crippen LogP contribution in [0.3, 0.4) is 0 Å². The molecule has 0 N–H and O–H groups in total. The summed E-state index contributed by atoms with van der Waals surface area (Å²) in [5.74, 6) is 0. The van der Waals surface area contributed by atoms with Gasteiger partial charge < -0.3 is 0 Å². The Labute approximate surface area is 180 Å². The maximum absolute atomic E-state index is 4.78. The second-order valence-corrected chi connectivity index (χ2v) is 11.2. The fraction of sp³-hybridized carbons (Fsp3) is 0.167. The number of rotatable bonds is 1. The molecule has 0 saturated heterocycles. The second-order valence-electron chi connectivity index (χ2n) is 8.40. The van der Waals surface area contributed by atoms with Crippen molar-refractivity contribution in [2.75, 3.05) is 0 Å². The average molecular weight is 431 g/mol. The van der Waals surface area contributed by atoms with Gasteiger partial charge in [-0.2, -0.15) is 0 Å². The summed E-state index contributed by atoms with van der Waals surface area (Å²) in [4.78, 5) is 10.5. The third-order valence-electron chi connectivity index (χ3n) is 5.49. The first kappa shape index (κ1) is 17.5. The quantitative estimate of drug-likeness (QED) is 0.262. The van der Waals surface area contributed by atoms with E-state index in [4.69, 9.17) is 4.98 Å². The molecule has 0 bridgehead atoms. The summed E-state index contributed by atoms with van der Waals surface area (Å²) < 4.78 is 4.05. The Balaban J connectivity index is 1.73. The van der Waals surface area contributed by atoms with Crippen molar-refractivity contribution in [2.45, 2.75) is 26.2 Å². The van der Waals surface area contributed by atoms with Crippen molar-refractivity contribution >= 4 is 74.5 Å². The van der Waals surface area contributed by atoms with Crippen molar-refractivity contribution in [1.82, 2.24) is 9.97 Å². The highest BCUT2D eigenvalue weighted by atomic mass is 32.1. The lowest BCUT2D eigenvalue weighted by Crippen LogP contribution is -2.11. The van der Waals surface area contributed by atoms with Gasteiger partial charge in [-0.25, -0.2) is 9.97 Å². The normalized spacial score (nSPS) is 12.7. The zero-order valence-electron chi connectivity index (χ0n) is 16.3. The Morgan fingerprint density at radius 3 is 2.41 bits per heavy atom. The van der Waals surface area contributed by atoms with Crippen LogP contribution in [0.1, 0.15) is 26.3 Å². The van der Waals surface area contributed by atoms with Crippen molar-refractivity contribution in [1.29, 1.82) is 0 Å². The van der Waals surface area contributed by atoms with E-state index < -0.39 is 0 Å². The molecule has 0 unspecified atom stereocenters. The molecule has 4 heterocycles. The minimum Gasteiger partial charge on any atom is -0.236 e. The third kappa shape index (κ3) is 2.58. The molecular weight excluding hydrogens is 412 g/mol. The summed E-state index contributed by atoms with van der Waals surface area (Å²) in [7, 11) is 0. The smallest absolute Gasteiger partial charge is 0.128 e. The fourth-order valence-electron chi connectivity index (χ4n) is 4.09. The molecule has 0 fully saturated rings. The number of benzene rings is 2. The number of fused-ring (bicyclic) bond motifs is 6. The molecule has 6 rings (SSSR count). The molecule has 29 heavy (non-hydrogen) atoms. The summed E-state index contributed by atoms with van der Waals surface area (Å²) in [6, 6.07) is 13.5. The highest BCUT2D eigenvalue weighted by Crippen LogP contribution is 2.44. The van der Waals surface area contributed by atoms with Gasteiger partial charge in [0.15, 0.2) is 0 Å². The number of hydrogen-bond donors (Lipinski definition) is 0. The van der Waals surface area contributed by atoms with Crippen LogP contribution in [-0.2, 0) is 5.41 Å². The third-order valence-corrected chi connectivity index (χ3v) is 8.66. The molecular formula is C24H18N2S3. The molecule has 0 aliphatic carbocycles. The van der Waals surface area contributed by atoms with Crippen LogP contribution < -0.4 is 0 Å². The lowest BCUT2D eigenvalue weighted by Gasteiger charge is -2.21. The van der Waals surface area contributed by atoms with Crippen LogP contribution in [0.5, 0.6) is 0 Å². The van der Waals surface area contributed by atoms with Gasteiger partial charge in [0.1, 0.15) is 11.2 Å². The Morgan fingerprint density at radius 2 is 1.59 bits per heavy atom. The van der Waals surface area contributed by atoms with Gasteiger partial charge >= 0.3 is 0 Å². The summed E-state index contributed by atoms with van der Waals surface area (Å²) in [5, 5.41) is 9.40. The highest BCUT2D eigenvalue weighted by molar-refractivity contribution is 7.30. The average Bonchev–Trinajstić information content (AvgIpc) is 3.42. The molecule has 0 atom stereocenters.